The molecule has 0 N–H and O–H groups in total. The second kappa shape index (κ2) is 4.48. The maximum Gasteiger partial charge on any atom is 0.202 e. The van der Waals surface area contributed by atoms with Crippen molar-refractivity contribution in [2.75, 3.05) is 13.3 Å². The Hall–Kier alpha value is 0.370. The molecule has 1 unspecified atom stereocenters. The average molecular weight is 251 g/mol. The number of rotatable bonds is 5. The molecule has 14 heavy (non-hydrogen) atoms. The molecule has 0 aromatic carbocycles. The first-order chi connectivity index (χ1) is 6.08. The molecule has 0 saturated heterocycles. The summed E-state index contributed by atoms with van der Waals surface area (Å²) in [7, 11) is 0. The van der Waals surface area contributed by atoms with Crippen molar-refractivity contribution in [3.8, 4) is 0 Å². The van der Waals surface area contributed by atoms with Crippen molar-refractivity contribution in [1.29, 1.82) is 0 Å². The highest BCUT2D eigenvalue weighted by atomic mass is 35.5. The van der Waals surface area contributed by atoms with E-state index in [2.05, 4.69) is 0 Å². The van der Waals surface area contributed by atoms with Crippen molar-refractivity contribution >= 4 is 23.2 Å². The summed E-state index contributed by atoms with van der Waals surface area (Å²) in [5.41, 5.74) is -1.40. The summed E-state index contributed by atoms with van der Waals surface area (Å²) in [6, 6.07) is 0. The summed E-state index contributed by atoms with van der Waals surface area (Å²) in [6.45, 7) is 2.12. The molecule has 0 bridgehead atoms. The molecule has 0 aliphatic rings. The van der Waals surface area contributed by atoms with Crippen LogP contribution in [0.2, 0.25) is 0 Å². The van der Waals surface area contributed by atoms with Gasteiger partial charge in [0.05, 0.1) is 18.2 Å². The van der Waals surface area contributed by atoms with Gasteiger partial charge in [0.25, 0.3) is 0 Å². The van der Waals surface area contributed by atoms with Gasteiger partial charge in [0.15, 0.2) is 0 Å². The van der Waals surface area contributed by atoms with Crippen molar-refractivity contribution in [3.05, 3.63) is 0 Å². The molecular weight excluding hydrogens is 236 g/mol. The van der Waals surface area contributed by atoms with E-state index in [-0.39, 0.29) is 0 Å². The third-order valence-electron chi connectivity index (χ3n) is 2.16. The molecule has 0 aromatic rings. The molecule has 0 amide bonds. The fourth-order valence-corrected chi connectivity index (χ4v) is 1.27. The van der Waals surface area contributed by atoms with Crippen LogP contribution in [0, 0.1) is 5.41 Å². The van der Waals surface area contributed by atoms with Gasteiger partial charge in [0.2, 0.25) is 5.13 Å². The van der Waals surface area contributed by atoms with Crippen LogP contribution in [0.4, 0.5) is 13.2 Å². The molecule has 1 atom stereocenters. The second-order valence-corrected chi connectivity index (χ2v) is 5.98. The lowest BCUT2D eigenvalue weighted by atomic mass is 9.84. The maximum atomic E-state index is 13.8. The SMILES string of the molecule is CC(CF)(CF)CC(F)(Cl)C(C)(C)Cl. The van der Waals surface area contributed by atoms with Crippen LogP contribution in [0.5, 0.6) is 0 Å². The maximum absolute atomic E-state index is 13.8. The summed E-state index contributed by atoms with van der Waals surface area (Å²) < 4.78 is 38.7. The average Bonchev–Trinajstić information content (AvgIpc) is 2.01. The van der Waals surface area contributed by atoms with E-state index in [0.717, 1.165) is 0 Å². The van der Waals surface area contributed by atoms with E-state index in [1.54, 1.807) is 0 Å². The molecular formula is C9H15Cl2F3. The van der Waals surface area contributed by atoms with E-state index in [1.807, 2.05) is 0 Å². The van der Waals surface area contributed by atoms with Crippen molar-refractivity contribution in [2.45, 2.75) is 37.2 Å². The second-order valence-electron chi connectivity index (χ2n) is 4.43. The summed E-state index contributed by atoms with van der Waals surface area (Å²) in [5, 5.41) is -2.32. The minimum absolute atomic E-state index is 0.453. The molecule has 0 rings (SSSR count). The summed E-state index contributed by atoms with van der Waals surface area (Å²) in [6.07, 6.45) is -0.453. The number of halogens is 5. The molecule has 0 saturated carbocycles. The Morgan fingerprint density at radius 1 is 1.00 bits per heavy atom. The smallest absolute Gasteiger partial charge is 0.202 e. The predicted molar refractivity (Wildman–Crippen MR) is 54.3 cm³/mol. The highest BCUT2D eigenvalue weighted by molar-refractivity contribution is 6.33. The van der Waals surface area contributed by atoms with Gasteiger partial charge in [-0.05, 0) is 13.8 Å². The van der Waals surface area contributed by atoms with Crippen molar-refractivity contribution in [1.82, 2.24) is 0 Å². The van der Waals surface area contributed by atoms with Crippen LogP contribution >= 0.6 is 23.2 Å². The lowest BCUT2D eigenvalue weighted by Crippen LogP contribution is -2.42. The zero-order valence-corrected chi connectivity index (χ0v) is 10.0. The number of alkyl halides is 5. The quantitative estimate of drug-likeness (QED) is 0.641. The Bertz CT molecular complexity index is 183. The molecule has 0 spiro atoms. The Morgan fingerprint density at radius 2 is 1.36 bits per heavy atom. The fraction of sp³-hybridized carbons (Fsp3) is 1.00. The molecule has 0 radical (unpaired) electrons. The van der Waals surface area contributed by atoms with Crippen LogP contribution in [-0.2, 0) is 0 Å². The van der Waals surface area contributed by atoms with Crippen molar-refractivity contribution in [2.24, 2.45) is 5.41 Å². The normalized spacial score (nSPS) is 18.0. The van der Waals surface area contributed by atoms with Gasteiger partial charge in [-0.15, -0.1) is 11.6 Å². The topological polar surface area (TPSA) is 0 Å². The molecule has 0 nitrogen and oxygen atoms in total. The highest BCUT2D eigenvalue weighted by Gasteiger charge is 2.47. The first-order valence-corrected chi connectivity index (χ1v) is 5.02. The highest BCUT2D eigenvalue weighted by Crippen LogP contribution is 2.44. The Labute approximate surface area is 92.8 Å². The van der Waals surface area contributed by atoms with Crippen LogP contribution in [0.1, 0.15) is 27.2 Å². The molecule has 0 aromatic heterocycles. The van der Waals surface area contributed by atoms with E-state index < -0.39 is 35.2 Å². The minimum Gasteiger partial charge on any atom is -0.250 e. The van der Waals surface area contributed by atoms with E-state index in [4.69, 9.17) is 23.2 Å². The first-order valence-electron chi connectivity index (χ1n) is 4.27. The Balaban J connectivity index is 4.65. The monoisotopic (exact) mass is 250 g/mol. The standard InChI is InChI=1S/C9H15Cl2F3/c1-7(2,10)9(11,14)4-8(3,5-12)6-13/h4-6H2,1-3H3. The van der Waals surface area contributed by atoms with Gasteiger partial charge in [-0.3, -0.25) is 8.78 Å². The minimum atomic E-state index is -2.32. The van der Waals surface area contributed by atoms with Crippen LogP contribution in [0.25, 0.3) is 0 Å². The van der Waals surface area contributed by atoms with E-state index in [1.165, 1.54) is 20.8 Å². The van der Waals surface area contributed by atoms with E-state index in [9.17, 15) is 13.2 Å². The Kier molecular flexibility index (Phi) is 4.60. The number of hydrogen-bond acceptors (Lipinski definition) is 0. The van der Waals surface area contributed by atoms with Gasteiger partial charge in [-0.25, -0.2) is 4.39 Å². The zero-order valence-electron chi connectivity index (χ0n) is 8.51. The van der Waals surface area contributed by atoms with Gasteiger partial charge < -0.3 is 0 Å². The van der Waals surface area contributed by atoms with E-state index in [0.29, 0.717) is 0 Å². The van der Waals surface area contributed by atoms with Crippen LogP contribution in [0.3, 0.4) is 0 Å². The molecule has 0 aliphatic carbocycles. The van der Waals surface area contributed by atoms with Gasteiger partial charge in [-0.1, -0.05) is 18.5 Å². The van der Waals surface area contributed by atoms with Crippen LogP contribution in [0.15, 0.2) is 0 Å². The van der Waals surface area contributed by atoms with Gasteiger partial charge in [-0.2, -0.15) is 0 Å². The molecule has 0 heterocycles. The van der Waals surface area contributed by atoms with Gasteiger partial charge >= 0.3 is 0 Å². The Morgan fingerprint density at radius 3 is 1.57 bits per heavy atom. The summed E-state index contributed by atoms with van der Waals surface area (Å²) in [4.78, 5) is -1.36. The van der Waals surface area contributed by atoms with E-state index >= 15 is 0 Å². The molecule has 0 fully saturated rings. The van der Waals surface area contributed by atoms with Crippen LogP contribution in [-0.4, -0.2) is 23.4 Å². The summed E-state index contributed by atoms with van der Waals surface area (Å²) >= 11 is 11.2. The van der Waals surface area contributed by atoms with Crippen LogP contribution < -0.4 is 0 Å². The first kappa shape index (κ1) is 14.4. The predicted octanol–water partition coefficient (Wildman–Crippen LogP) is 4.24. The lowest BCUT2D eigenvalue weighted by molar-refractivity contribution is 0.0815. The largest absolute Gasteiger partial charge is 0.250 e. The zero-order chi connectivity index (χ0) is 11.6. The number of hydrogen-bond donors (Lipinski definition) is 0. The fourth-order valence-electron chi connectivity index (χ4n) is 0.876. The van der Waals surface area contributed by atoms with Crippen molar-refractivity contribution < 1.29 is 13.2 Å². The van der Waals surface area contributed by atoms with Gasteiger partial charge in [0, 0.05) is 11.8 Å². The third kappa shape index (κ3) is 3.50. The lowest BCUT2D eigenvalue weighted by Gasteiger charge is -2.36. The van der Waals surface area contributed by atoms with Gasteiger partial charge in [0.1, 0.15) is 0 Å². The molecule has 5 heteroatoms. The summed E-state index contributed by atoms with van der Waals surface area (Å²) in [5.74, 6) is 0. The van der Waals surface area contributed by atoms with Crippen molar-refractivity contribution in [3.63, 3.8) is 0 Å². The molecule has 0 aliphatic heterocycles. The third-order valence-corrected chi connectivity index (χ3v) is 3.17. The molecule has 86 valence electrons.